The van der Waals surface area contributed by atoms with E-state index in [4.69, 9.17) is 9.84 Å². The molecule has 0 saturated carbocycles. The zero-order valence-corrected chi connectivity index (χ0v) is 21.8. The van der Waals surface area contributed by atoms with Crippen molar-refractivity contribution in [2.24, 2.45) is 0 Å². The minimum Gasteiger partial charge on any atom is -0.481 e. The highest BCUT2D eigenvalue weighted by Gasteiger charge is 2.37. The lowest BCUT2D eigenvalue weighted by Crippen LogP contribution is -2.26. The first kappa shape index (κ1) is 33.5. The summed E-state index contributed by atoms with van der Waals surface area (Å²) in [5, 5.41) is 13.2. The van der Waals surface area contributed by atoms with Crippen LogP contribution in [0.4, 0.5) is 50.0 Å². The fourth-order valence-electron chi connectivity index (χ4n) is 3.69. The summed E-state index contributed by atoms with van der Waals surface area (Å²) in [5.41, 5.74) is -4.75. The third kappa shape index (κ3) is 9.81. The third-order valence-electron chi connectivity index (χ3n) is 5.56. The molecule has 0 bridgehead atoms. The largest absolute Gasteiger partial charge is 0.573 e. The number of nitrogens with one attached hydrogen (secondary N) is 2. The maximum atomic E-state index is 13.3. The standard InChI is InChI=1S/C27H19F9N2O6/c28-25(29,30)16-10-14(11-17(13-16)26(31,32)33)12-19-20(2-1-3-21(19)44-27(34,35)36)43-24(42)38-18-6-4-15(5-7-18)23(41)37-9-8-22(39)40/h1-7,10-11,13H,8-9,12H2,(H,37,41)(H,38,42)(H,39,40). The van der Waals surface area contributed by atoms with Crippen molar-refractivity contribution in [1.82, 2.24) is 5.32 Å². The average Bonchev–Trinajstić information content (AvgIpc) is 2.88. The summed E-state index contributed by atoms with van der Waals surface area (Å²) >= 11 is 0. The monoisotopic (exact) mass is 638 g/mol. The van der Waals surface area contributed by atoms with E-state index in [1.807, 2.05) is 0 Å². The quantitative estimate of drug-likeness (QED) is 0.217. The van der Waals surface area contributed by atoms with Crippen LogP contribution in [0, 0.1) is 0 Å². The van der Waals surface area contributed by atoms with Crippen molar-refractivity contribution in [2.75, 3.05) is 11.9 Å². The van der Waals surface area contributed by atoms with Crippen molar-refractivity contribution in [3.63, 3.8) is 0 Å². The number of carbonyl (C=O) groups is 3. The van der Waals surface area contributed by atoms with Crippen molar-refractivity contribution in [3.8, 4) is 11.5 Å². The van der Waals surface area contributed by atoms with Gasteiger partial charge >= 0.3 is 30.8 Å². The summed E-state index contributed by atoms with van der Waals surface area (Å²) in [6.45, 7) is -0.155. The molecule has 2 amide bonds. The van der Waals surface area contributed by atoms with E-state index in [1.165, 1.54) is 24.3 Å². The molecule has 0 radical (unpaired) electrons. The molecule has 3 aromatic carbocycles. The molecule has 0 heterocycles. The summed E-state index contributed by atoms with van der Waals surface area (Å²) in [5.74, 6) is -3.49. The molecule has 3 rings (SSSR count). The number of alkyl halides is 9. The Labute approximate surface area is 241 Å². The lowest BCUT2D eigenvalue weighted by Gasteiger charge is -2.18. The smallest absolute Gasteiger partial charge is 0.481 e. The molecular weight excluding hydrogens is 619 g/mol. The molecule has 236 valence electrons. The van der Waals surface area contributed by atoms with Crippen LogP contribution in [0.3, 0.4) is 0 Å². The Hall–Kier alpha value is -4.96. The Morgan fingerprint density at radius 2 is 1.34 bits per heavy atom. The van der Waals surface area contributed by atoms with Crippen LogP contribution < -0.4 is 20.1 Å². The highest BCUT2D eigenvalue weighted by molar-refractivity contribution is 5.95. The maximum Gasteiger partial charge on any atom is 0.573 e. The fourth-order valence-corrected chi connectivity index (χ4v) is 3.69. The van der Waals surface area contributed by atoms with Crippen molar-refractivity contribution < 1.29 is 68.5 Å². The van der Waals surface area contributed by atoms with Crippen LogP contribution in [-0.4, -0.2) is 36.0 Å². The van der Waals surface area contributed by atoms with Crippen LogP contribution >= 0.6 is 0 Å². The third-order valence-corrected chi connectivity index (χ3v) is 5.56. The van der Waals surface area contributed by atoms with E-state index in [9.17, 15) is 53.9 Å². The van der Waals surface area contributed by atoms with Crippen LogP contribution in [0.1, 0.15) is 39.0 Å². The van der Waals surface area contributed by atoms with E-state index in [1.54, 1.807) is 0 Å². The molecule has 0 aliphatic heterocycles. The average molecular weight is 638 g/mol. The van der Waals surface area contributed by atoms with Gasteiger partial charge in [-0.05, 0) is 60.2 Å². The Bertz CT molecular complexity index is 1490. The molecule has 0 fully saturated rings. The van der Waals surface area contributed by atoms with Gasteiger partial charge in [0.2, 0.25) is 0 Å². The van der Waals surface area contributed by atoms with Gasteiger partial charge in [-0.1, -0.05) is 6.07 Å². The molecule has 0 aliphatic carbocycles. The van der Waals surface area contributed by atoms with E-state index in [-0.39, 0.29) is 30.3 Å². The normalized spacial score (nSPS) is 11.9. The summed E-state index contributed by atoms with van der Waals surface area (Å²) in [6, 6.07) is 7.99. The van der Waals surface area contributed by atoms with Crippen molar-refractivity contribution in [2.45, 2.75) is 31.6 Å². The summed E-state index contributed by atoms with van der Waals surface area (Å²) in [6.07, 6.45) is -18.5. The zero-order chi connectivity index (χ0) is 32.9. The highest BCUT2D eigenvalue weighted by atomic mass is 19.4. The molecular formula is C27H19F9N2O6. The molecule has 44 heavy (non-hydrogen) atoms. The van der Waals surface area contributed by atoms with E-state index in [0.717, 1.165) is 18.2 Å². The minimum absolute atomic E-state index is 0.00836. The number of halogens is 9. The summed E-state index contributed by atoms with van der Waals surface area (Å²) < 4.78 is 128. The Balaban J connectivity index is 1.89. The van der Waals surface area contributed by atoms with Gasteiger partial charge in [0.05, 0.1) is 17.5 Å². The van der Waals surface area contributed by atoms with E-state index in [2.05, 4.69) is 15.4 Å². The molecule has 3 N–H and O–H groups in total. The van der Waals surface area contributed by atoms with Gasteiger partial charge in [0.15, 0.2) is 0 Å². The van der Waals surface area contributed by atoms with Crippen LogP contribution in [0.15, 0.2) is 60.7 Å². The lowest BCUT2D eigenvalue weighted by atomic mass is 9.98. The molecule has 3 aromatic rings. The van der Waals surface area contributed by atoms with Crippen LogP contribution in [-0.2, 0) is 23.6 Å². The van der Waals surface area contributed by atoms with E-state index < -0.39 is 76.9 Å². The number of hydrogen-bond acceptors (Lipinski definition) is 5. The minimum atomic E-state index is -5.33. The van der Waals surface area contributed by atoms with Gasteiger partial charge in [0, 0.05) is 29.8 Å². The molecule has 0 atom stereocenters. The van der Waals surface area contributed by atoms with Crippen molar-refractivity contribution >= 4 is 23.7 Å². The highest BCUT2D eigenvalue weighted by Crippen LogP contribution is 2.39. The van der Waals surface area contributed by atoms with E-state index in [0.29, 0.717) is 12.1 Å². The van der Waals surface area contributed by atoms with Gasteiger partial charge < -0.3 is 19.9 Å². The number of benzene rings is 3. The second-order valence-corrected chi connectivity index (χ2v) is 8.86. The fraction of sp³-hybridized carbons (Fsp3) is 0.222. The molecule has 0 aliphatic rings. The molecule has 8 nitrogen and oxygen atoms in total. The molecule has 0 spiro atoms. The number of amides is 2. The lowest BCUT2D eigenvalue weighted by molar-refractivity contribution is -0.274. The Morgan fingerprint density at radius 1 is 0.773 bits per heavy atom. The number of rotatable bonds is 9. The molecule has 0 unspecified atom stereocenters. The molecule has 17 heteroatoms. The van der Waals surface area contributed by atoms with E-state index >= 15 is 0 Å². The number of carboxylic acid groups (broad SMARTS) is 1. The number of carboxylic acids is 1. The number of ether oxygens (including phenoxy) is 2. The van der Waals surface area contributed by atoms with Gasteiger partial charge in [0.25, 0.3) is 5.91 Å². The van der Waals surface area contributed by atoms with Crippen molar-refractivity contribution in [3.05, 3.63) is 88.5 Å². The van der Waals surface area contributed by atoms with Gasteiger partial charge in [-0.2, -0.15) is 26.3 Å². The summed E-state index contributed by atoms with van der Waals surface area (Å²) in [7, 11) is 0. The topological polar surface area (TPSA) is 114 Å². The van der Waals surface area contributed by atoms with Gasteiger partial charge in [0.1, 0.15) is 11.5 Å². The number of carbonyl (C=O) groups excluding carboxylic acids is 2. The predicted molar refractivity (Wildman–Crippen MR) is 133 cm³/mol. The maximum absolute atomic E-state index is 13.3. The second kappa shape index (κ2) is 13.1. The zero-order valence-electron chi connectivity index (χ0n) is 21.8. The Morgan fingerprint density at radius 3 is 1.86 bits per heavy atom. The van der Waals surface area contributed by atoms with Crippen LogP contribution in [0.25, 0.3) is 0 Å². The first-order valence-corrected chi connectivity index (χ1v) is 12.1. The number of anilines is 1. The van der Waals surface area contributed by atoms with Gasteiger partial charge in [-0.15, -0.1) is 13.2 Å². The van der Waals surface area contributed by atoms with Gasteiger partial charge in [-0.3, -0.25) is 14.9 Å². The first-order valence-electron chi connectivity index (χ1n) is 12.1. The molecule has 0 aromatic heterocycles. The second-order valence-electron chi connectivity index (χ2n) is 8.86. The predicted octanol–water partition coefficient (Wildman–Crippen LogP) is 7.03. The van der Waals surface area contributed by atoms with Crippen molar-refractivity contribution in [1.29, 1.82) is 0 Å². The van der Waals surface area contributed by atoms with Gasteiger partial charge in [-0.25, -0.2) is 4.79 Å². The number of hydrogen-bond donors (Lipinski definition) is 3. The number of aliphatic carboxylic acids is 1. The van der Waals surface area contributed by atoms with Crippen LogP contribution in [0.5, 0.6) is 11.5 Å². The van der Waals surface area contributed by atoms with Crippen LogP contribution in [0.2, 0.25) is 0 Å². The Kier molecular flexibility index (Phi) is 10.0. The first-order chi connectivity index (χ1) is 20.3. The summed E-state index contributed by atoms with van der Waals surface area (Å²) in [4.78, 5) is 35.1. The SMILES string of the molecule is O=C(O)CCNC(=O)c1ccc(NC(=O)Oc2cccc(OC(F)(F)F)c2Cc2cc(C(F)(F)F)cc(C(F)(F)F)c2)cc1. The molecule has 0 saturated heterocycles.